The van der Waals surface area contributed by atoms with Crippen molar-refractivity contribution in [2.45, 2.75) is 31.2 Å². The molecule has 8 nitrogen and oxygen atoms in total. The molecule has 2 aliphatic rings. The number of rotatable bonds is 1. The Labute approximate surface area is 189 Å². The molecule has 1 aromatic carbocycles. The number of amides is 1. The molecule has 174 valence electrons. The summed E-state index contributed by atoms with van der Waals surface area (Å²) in [4.78, 5) is 27.5. The monoisotopic (exact) mass is 472 g/mol. The van der Waals surface area contributed by atoms with E-state index in [4.69, 9.17) is 10.5 Å². The molecule has 2 atom stereocenters. The number of carbonyl (C=O) groups excluding carboxylic acids is 1. The van der Waals surface area contributed by atoms with Gasteiger partial charge in [0.2, 0.25) is 0 Å². The van der Waals surface area contributed by atoms with Crippen molar-refractivity contribution >= 4 is 28.3 Å². The van der Waals surface area contributed by atoms with Crippen molar-refractivity contribution in [1.82, 2.24) is 24.3 Å². The number of alkyl halides is 3. The van der Waals surface area contributed by atoms with Crippen LogP contribution in [0.4, 0.5) is 23.4 Å². The van der Waals surface area contributed by atoms with Gasteiger partial charge in [0.05, 0.1) is 41.4 Å². The molecule has 0 spiro atoms. The molecule has 5 heterocycles. The van der Waals surface area contributed by atoms with Gasteiger partial charge in [-0.2, -0.15) is 13.2 Å². The van der Waals surface area contributed by atoms with E-state index in [1.165, 1.54) is 17.4 Å². The predicted octanol–water partition coefficient (Wildman–Crippen LogP) is 3.76. The Kier molecular flexibility index (Phi) is 4.26. The molecule has 0 aliphatic carbocycles. The minimum atomic E-state index is -4.72. The molecule has 12 heteroatoms. The summed E-state index contributed by atoms with van der Waals surface area (Å²) in [7, 11) is 0. The number of carbonyl (C=O) groups is 1. The van der Waals surface area contributed by atoms with E-state index in [-0.39, 0.29) is 35.8 Å². The lowest BCUT2D eigenvalue weighted by Gasteiger charge is -2.44. The van der Waals surface area contributed by atoms with Crippen LogP contribution in [0.1, 0.15) is 40.5 Å². The molecule has 1 amide bonds. The maximum absolute atomic E-state index is 14.9. The third-order valence-electron chi connectivity index (χ3n) is 6.34. The summed E-state index contributed by atoms with van der Waals surface area (Å²) < 4.78 is 61.8. The average Bonchev–Trinajstić information content (AvgIpc) is 3.29. The van der Waals surface area contributed by atoms with Gasteiger partial charge in [-0.3, -0.25) is 9.20 Å². The van der Waals surface area contributed by atoms with Gasteiger partial charge in [-0.1, -0.05) is 0 Å². The third kappa shape index (κ3) is 3.05. The predicted molar refractivity (Wildman–Crippen MR) is 112 cm³/mol. The molecule has 1 saturated heterocycles. The molecule has 0 radical (unpaired) electrons. The Morgan fingerprint density at radius 3 is 2.79 bits per heavy atom. The highest BCUT2D eigenvalue weighted by Crippen LogP contribution is 2.46. The number of piperidine rings is 1. The lowest BCUT2D eigenvalue weighted by atomic mass is 9.88. The number of nitrogens with two attached hydrogens (primary N) is 1. The maximum atomic E-state index is 14.9. The van der Waals surface area contributed by atoms with Crippen molar-refractivity contribution in [3.05, 3.63) is 59.6 Å². The zero-order valence-corrected chi connectivity index (χ0v) is 17.4. The van der Waals surface area contributed by atoms with Crippen LogP contribution in [-0.4, -0.2) is 42.8 Å². The molecule has 3 aromatic heterocycles. The first-order chi connectivity index (χ1) is 16.2. The Balaban J connectivity index is 1.42. The van der Waals surface area contributed by atoms with Crippen molar-refractivity contribution in [1.29, 1.82) is 0 Å². The van der Waals surface area contributed by atoms with E-state index in [0.29, 0.717) is 29.0 Å². The minimum absolute atomic E-state index is 0.0514. The summed E-state index contributed by atoms with van der Waals surface area (Å²) in [5.41, 5.74) is 6.44. The number of halogens is 4. The first kappa shape index (κ1) is 20.6. The molecule has 2 bridgehead atoms. The van der Waals surface area contributed by atoms with E-state index in [1.54, 1.807) is 16.7 Å². The highest BCUT2D eigenvalue weighted by Gasteiger charge is 2.43. The first-order valence-corrected chi connectivity index (χ1v) is 10.5. The van der Waals surface area contributed by atoms with Gasteiger partial charge in [-0.25, -0.2) is 19.3 Å². The van der Waals surface area contributed by atoms with Gasteiger partial charge >= 0.3 is 6.18 Å². The number of hydrogen-bond acceptors (Lipinski definition) is 6. The second-order valence-corrected chi connectivity index (χ2v) is 8.35. The van der Waals surface area contributed by atoms with Crippen molar-refractivity contribution in [3.8, 4) is 5.75 Å². The van der Waals surface area contributed by atoms with Crippen LogP contribution in [0.3, 0.4) is 0 Å². The Hall–Kier alpha value is -3.96. The number of anilines is 1. The van der Waals surface area contributed by atoms with Gasteiger partial charge in [0, 0.05) is 19.4 Å². The summed E-state index contributed by atoms with van der Waals surface area (Å²) in [6, 6.07) is 2.02. The van der Waals surface area contributed by atoms with E-state index in [2.05, 4.69) is 15.0 Å². The van der Waals surface area contributed by atoms with Crippen molar-refractivity contribution in [2.24, 2.45) is 0 Å². The molecule has 0 saturated carbocycles. The molecule has 2 aliphatic heterocycles. The SMILES string of the molecule is Nc1nc2cnc(C(=O)N3CC[C@H]4C[C@@H]3c3c(F)cc(C(F)(F)F)cc3O4)cc2n2cncc12. The fourth-order valence-corrected chi connectivity index (χ4v) is 4.76. The largest absolute Gasteiger partial charge is 0.490 e. The molecule has 2 N–H and O–H groups in total. The van der Waals surface area contributed by atoms with Crippen LogP contribution in [0, 0.1) is 5.82 Å². The average molecular weight is 472 g/mol. The number of aromatic nitrogens is 4. The molecular weight excluding hydrogens is 456 g/mol. The Morgan fingerprint density at radius 1 is 1.18 bits per heavy atom. The highest BCUT2D eigenvalue weighted by molar-refractivity contribution is 5.96. The lowest BCUT2D eigenvalue weighted by Crippen LogP contribution is -2.47. The van der Waals surface area contributed by atoms with Gasteiger partial charge in [0.1, 0.15) is 40.2 Å². The number of likely N-dealkylation sites (tertiary alicyclic amines) is 1. The van der Waals surface area contributed by atoms with E-state index in [9.17, 15) is 22.4 Å². The number of benzene rings is 1. The quantitative estimate of drug-likeness (QED) is 0.424. The lowest BCUT2D eigenvalue weighted by molar-refractivity contribution is -0.138. The van der Waals surface area contributed by atoms with Crippen molar-refractivity contribution in [2.75, 3.05) is 12.3 Å². The Bertz CT molecular complexity index is 1480. The number of imidazole rings is 1. The molecule has 4 aromatic rings. The van der Waals surface area contributed by atoms with Gasteiger partial charge < -0.3 is 15.4 Å². The first-order valence-electron chi connectivity index (χ1n) is 10.5. The summed E-state index contributed by atoms with van der Waals surface area (Å²) in [5, 5.41) is 0. The second-order valence-electron chi connectivity index (χ2n) is 8.35. The normalized spacial score (nSPS) is 19.8. The topological polar surface area (TPSA) is 98.6 Å². The van der Waals surface area contributed by atoms with Crippen molar-refractivity contribution < 1.29 is 27.1 Å². The van der Waals surface area contributed by atoms with Gasteiger partial charge in [-0.15, -0.1) is 0 Å². The molecule has 0 unspecified atom stereocenters. The molecule has 6 rings (SSSR count). The van der Waals surface area contributed by atoms with Crippen LogP contribution >= 0.6 is 0 Å². The number of nitrogens with zero attached hydrogens (tertiary/aromatic N) is 5. The Morgan fingerprint density at radius 2 is 2.00 bits per heavy atom. The van der Waals surface area contributed by atoms with E-state index < -0.39 is 35.6 Å². The number of nitrogen functional groups attached to an aromatic ring is 1. The fourth-order valence-electron chi connectivity index (χ4n) is 4.76. The molecule has 1 fully saturated rings. The maximum Gasteiger partial charge on any atom is 0.416 e. The smallest absolute Gasteiger partial charge is 0.416 e. The van der Waals surface area contributed by atoms with Crippen molar-refractivity contribution in [3.63, 3.8) is 0 Å². The van der Waals surface area contributed by atoms with Crippen LogP contribution in [-0.2, 0) is 6.18 Å². The van der Waals surface area contributed by atoms with Gasteiger partial charge in [0.25, 0.3) is 5.91 Å². The number of ether oxygens (including phenoxy) is 1. The zero-order valence-electron chi connectivity index (χ0n) is 17.4. The third-order valence-corrected chi connectivity index (χ3v) is 6.34. The van der Waals surface area contributed by atoms with Crippen LogP contribution < -0.4 is 10.5 Å². The van der Waals surface area contributed by atoms with Crippen LogP contribution in [0.15, 0.2) is 36.9 Å². The van der Waals surface area contributed by atoms with Crippen LogP contribution in [0.2, 0.25) is 0 Å². The van der Waals surface area contributed by atoms with E-state index in [0.717, 1.165) is 6.07 Å². The number of fused-ring (bicyclic) bond motifs is 7. The number of pyridine rings is 1. The summed E-state index contributed by atoms with van der Waals surface area (Å²) in [5.74, 6) is -1.44. The van der Waals surface area contributed by atoms with Crippen LogP contribution in [0.25, 0.3) is 16.6 Å². The molecule has 34 heavy (non-hydrogen) atoms. The van der Waals surface area contributed by atoms with Gasteiger partial charge in [0.15, 0.2) is 0 Å². The standard InChI is InChI=1S/C22H16F4N6O2/c23-12-3-10(22(24,25)26)4-18-19(12)16-5-11(34-18)1-2-31(16)21(33)13-6-15-14(7-29-13)30-20(27)17-8-28-9-32(15)17/h3-4,6-9,11,16H,1-2,5H2,(H2,27,30)/t11-,16+/m0/s1. The van der Waals surface area contributed by atoms with E-state index in [1.807, 2.05) is 0 Å². The highest BCUT2D eigenvalue weighted by atomic mass is 19.4. The summed E-state index contributed by atoms with van der Waals surface area (Å²) in [6.45, 7) is 0.244. The number of hydrogen-bond donors (Lipinski definition) is 1. The second kappa shape index (κ2) is 7.02. The summed E-state index contributed by atoms with van der Waals surface area (Å²) in [6.07, 6.45) is 0.0522. The van der Waals surface area contributed by atoms with E-state index >= 15 is 0 Å². The van der Waals surface area contributed by atoms with Gasteiger partial charge in [-0.05, 0) is 18.2 Å². The summed E-state index contributed by atoms with van der Waals surface area (Å²) >= 11 is 0. The minimum Gasteiger partial charge on any atom is -0.490 e. The van der Waals surface area contributed by atoms with Crippen LogP contribution in [0.5, 0.6) is 5.75 Å². The fraction of sp³-hybridized carbons (Fsp3) is 0.273. The zero-order chi connectivity index (χ0) is 23.8. The molecular formula is C22H16F4N6O2.